The fourth-order valence-electron chi connectivity index (χ4n) is 0.906. The molecule has 1 rings (SSSR count). The largest absolute Gasteiger partial charge is 0.221 e. The molecule has 3 heteroatoms. The van der Waals surface area contributed by atoms with E-state index in [1.807, 2.05) is 0 Å². The highest BCUT2D eigenvalue weighted by Crippen LogP contribution is 2.01. The summed E-state index contributed by atoms with van der Waals surface area (Å²) in [5, 5.41) is 0. The Bertz CT molecular complexity index is 268. The molecule has 64 valence electrons. The molecule has 0 bridgehead atoms. The molecule has 0 aliphatic heterocycles. The van der Waals surface area contributed by atoms with Crippen LogP contribution >= 0.6 is 0 Å². The molecule has 0 N–H and O–H groups in total. The minimum Gasteiger partial charge on any atom is -0.221 e. The first kappa shape index (κ1) is 8.84. The molecule has 0 aliphatic carbocycles. The molecule has 1 aromatic rings. The van der Waals surface area contributed by atoms with Crippen molar-refractivity contribution in [3.63, 3.8) is 0 Å². The van der Waals surface area contributed by atoms with Gasteiger partial charge in [-0.05, 0) is 12.0 Å². The van der Waals surface area contributed by atoms with Crippen molar-refractivity contribution < 1.29 is 0 Å². The molecule has 0 aliphatic rings. The van der Waals surface area contributed by atoms with Crippen LogP contribution in [0.15, 0.2) is 12.9 Å². The van der Waals surface area contributed by atoms with Gasteiger partial charge in [0.15, 0.2) is 5.82 Å². The topological polar surface area (TPSA) is 38.7 Å². The molecule has 0 unspecified atom stereocenters. The van der Waals surface area contributed by atoms with E-state index in [2.05, 4.69) is 35.4 Å². The van der Waals surface area contributed by atoms with Gasteiger partial charge in [0.2, 0.25) is 0 Å². The minimum atomic E-state index is 0.574. The zero-order valence-electron chi connectivity index (χ0n) is 7.49. The molecule has 1 heterocycles. The Hall–Kier alpha value is -1.25. The number of hydrogen-bond donors (Lipinski definition) is 0. The third-order valence-corrected chi connectivity index (χ3v) is 1.41. The fourth-order valence-corrected chi connectivity index (χ4v) is 0.906. The number of rotatable bonds is 3. The van der Waals surface area contributed by atoms with Crippen molar-refractivity contribution in [1.29, 1.82) is 0 Å². The normalized spacial score (nSPS) is 10.2. The zero-order valence-corrected chi connectivity index (χ0v) is 7.49. The van der Waals surface area contributed by atoms with Crippen LogP contribution in [-0.4, -0.2) is 15.0 Å². The third kappa shape index (κ3) is 2.42. The van der Waals surface area contributed by atoms with Gasteiger partial charge in [-0.1, -0.05) is 20.4 Å². The number of nitrogens with zero attached hydrogens (tertiary/aromatic N) is 3. The van der Waals surface area contributed by atoms with E-state index in [4.69, 9.17) is 0 Å². The average Bonchev–Trinajstić information content (AvgIpc) is 2.03. The lowest BCUT2D eigenvalue weighted by Gasteiger charge is -2.02. The van der Waals surface area contributed by atoms with Crippen molar-refractivity contribution in [2.45, 2.75) is 20.3 Å². The molecule has 1 aromatic heterocycles. The first-order valence-corrected chi connectivity index (χ1v) is 4.02. The van der Waals surface area contributed by atoms with Crippen LogP contribution in [0.1, 0.15) is 25.5 Å². The van der Waals surface area contributed by atoms with Crippen molar-refractivity contribution in [1.82, 2.24) is 15.0 Å². The Balaban J connectivity index is 2.79. The van der Waals surface area contributed by atoms with Crippen LogP contribution in [-0.2, 0) is 6.42 Å². The molecule has 12 heavy (non-hydrogen) atoms. The van der Waals surface area contributed by atoms with Crippen molar-refractivity contribution in [2.24, 2.45) is 5.92 Å². The second kappa shape index (κ2) is 3.95. The second-order valence-electron chi connectivity index (χ2n) is 3.06. The van der Waals surface area contributed by atoms with Crippen LogP contribution in [0.25, 0.3) is 6.08 Å². The van der Waals surface area contributed by atoms with Gasteiger partial charge in [-0.3, -0.25) is 0 Å². The zero-order chi connectivity index (χ0) is 8.97. The quantitative estimate of drug-likeness (QED) is 0.681. The molecule has 0 atom stereocenters. The van der Waals surface area contributed by atoms with E-state index in [0.29, 0.717) is 11.7 Å². The van der Waals surface area contributed by atoms with Crippen molar-refractivity contribution in [3.05, 3.63) is 24.6 Å². The van der Waals surface area contributed by atoms with E-state index >= 15 is 0 Å². The highest BCUT2D eigenvalue weighted by Gasteiger charge is 2.00. The van der Waals surface area contributed by atoms with Gasteiger partial charge in [0.05, 0.1) is 0 Å². The van der Waals surface area contributed by atoms with Gasteiger partial charge in [0.1, 0.15) is 12.2 Å². The molecule has 3 nitrogen and oxygen atoms in total. The predicted molar refractivity (Wildman–Crippen MR) is 48.5 cm³/mol. The maximum Gasteiger partial charge on any atom is 0.155 e. The maximum atomic E-state index is 4.19. The van der Waals surface area contributed by atoms with Crippen LogP contribution in [0.3, 0.4) is 0 Å². The molecule has 0 amide bonds. The molecule has 0 saturated heterocycles. The molecular formula is C9H13N3. The van der Waals surface area contributed by atoms with E-state index in [-0.39, 0.29) is 0 Å². The summed E-state index contributed by atoms with van der Waals surface area (Å²) in [6.45, 7) is 7.87. The Morgan fingerprint density at radius 2 is 2.25 bits per heavy atom. The summed E-state index contributed by atoms with van der Waals surface area (Å²) >= 11 is 0. The highest BCUT2D eigenvalue weighted by molar-refractivity contribution is 5.34. The highest BCUT2D eigenvalue weighted by atomic mass is 15.0. The van der Waals surface area contributed by atoms with Gasteiger partial charge in [0, 0.05) is 6.42 Å². The molecule has 0 saturated carbocycles. The third-order valence-electron chi connectivity index (χ3n) is 1.41. The van der Waals surface area contributed by atoms with Crippen molar-refractivity contribution in [2.75, 3.05) is 0 Å². The smallest absolute Gasteiger partial charge is 0.155 e. The molecule has 0 aromatic carbocycles. The first-order valence-electron chi connectivity index (χ1n) is 4.02. The Morgan fingerprint density at radius 3 is 2.83 bits per heavy atom. The monoisotopic (exact) mass is 163 g/mol. The molecule has 0 spiro atoms. The van der Waals surface area contributed by atoms with Gasteiger partial charge in [-0.25, -0.2) is 15.0 Å². The maximum absolute atomic E-state index is 4.19. The SMILES string of the molecule is C=Cc1ncnc(CC(C)C)n1. The van der Waals surface area contributed by atoms with E-state index in [1.54, 1.807) is 6.08 Å². The lowest BCUT2D eigenvalue weighted by Crippen LogP contribution is -2.02. The summed E-state index contributed by atoms with van der Waals surface area (Å²) in [7, 11) is 0. The van der Waals surface area contributed by atoms with Crippen LogP contribution < -0.4 is 0 Å². The summed E-state index contributed by atoms with van der Waals surface area (Å²) in [6.07, 6.45) is 4.05. The molecular weight excluding hydrogens is 150 g/mol. The Kier molecular flexibility index (Phi) is 2.91. The molecule has 0 radical (unpaired) electrons. The lowest BCUT2D eigenvalue weighted by atomic mass is 10.1. The fraction of sp³-hybridized carbons (Fsp3) is 0.444. The summed E-state index contributed by atoms with van der Waals surface area (Å²) in [5.41, 5.74) is 0. The van der Waals surface area contributed by atoms with Crippen LogP contribution in [0.2, 0.25) is 0 Å². The van der Waals surface area contributed by atoms with Crippen LogP contribution in [0, 0.1) is 5.92 Å². The summed E-state index contributed by atoms with van der Waals surface area (Å²) in [6, 6.07) is 0. The number of hydrogen-bond acceptors (Lipinski definition) is 3. The van der Waals surface area contributed by atoms with Gasteiger partial charge >= 0.3 is 0 Å². The minimum absolute atomic E-state index is 0.574. The summed E-state index contributed by atoms with van der Waals surface area (Å²) in [5.74, 6) is 2.07. The number of aromatic nitrogens is 3. The average molecular weight is 163 g/mol. The van der Waals surface area contributed by atoms with E-state index in [9.17, 15) is 0 Å². The van der Waals surface area contributed by atoms with Crippen molar-refractivity contribution in [3.8, 4) is 0 Å². The molecule has 0 fully saturated rings. The second-order valence-corrected chi connectivity index (χ2v) is 3.06. The van der Waals surface area contributed by atoms with E-state index < -0.39 is 0 Å². The van der Waals surface area contributed by atoms with Crippen molar-refractivity contribution >= 4 is 6.08 Å². The summed E-state index contributed by atoms with van der Waals surface area (Å²) in [4.78, 5) is 12.2. The van der Waals surface area contributed by atoms with E-state index in [1.165, 1.54) is 6.33 Å². The van der Waals surface area contributed by atoms with Gasteiger partial charge < -0.3 is 0 Å². The lowest BCUT2D eigenvalue weighted by molar-refractivity contribution is 0.616. The van der Waals surface area contributed by atoms with Gasteiger partial charge in [-0.2, -0.15) is 0 Å². The Labute approximate surface area is 72.6 Å². The first-order chi connectivity index (χ1) is 5.72. The van der Waals surface area contributed by atoms with Crippen LogP contribution in [0.5, 0.6) is 0 Å². The van der Waals surface area contributed by atoms with Gasteiger partial charge in [0.25, 0.3) is 0 Å². The predicted octanol–water partition coefficient (Wildman–Crippen LogP) is 1.71. The van der Waals surface area contributed by atoms with E-state index in [0.717, 1.165) is 12.2 Å². The van der Waals surface area contributed by atoms with Crippen LogP contribution in [0.4, 0.5) is 0 Å². The summed E-state index contributed by atoms with van der Waals surface area (Å²) < 4.78 is 0. The van der Waals surface area contributed by atoms with Gasteiger partial charge in [-0.15, -0.1) is 0 Å². The Morgan fingerprint density at radius 1 is 1.50 bits per heavy atom. The standard InChI is InChI=1S/C9H13N3/c1-4-8-10-6-11-9(12-8)5-7(2)3/h4,6-7H,1,5H2,2-3H3.